The molecule has 2 aliphatic carbocycles. The molecule has 2 saturated carbocycles. The second-order valence-corrected chi connectivity index (χ2v) is 10.3. The summed E-state index contributed by atoms with van der Waals surface area (Å²) >= 11 is 0. The van der Waals surface area contributed by atoms with Crippen LogP contribution in [-0.2, 0) is 13.0 Å². The second-order valence-electron chi connectivity index (χ2n) is 10.3. The summed E-state index contributed by atoms with van der Waals surface area (Å²) in [6.07, 6.45) is 11.6. The highest BCUT2D eigenvalue weighted by molar-refractivity contribution is 6.04. The van der Waals surface area contributed by atoms with Crippen molar-refractivity contribution in [1.82, 2.24) is 24.1 Å². The number of anilines is 1. The van der Waals surface area contributed by atoms with Gasteiger partial charge in [-0.3, -0.25) is 4.79 Å². The number of amides is 1. The number of nitrogens with one attached hydrogen (secondary N) is 1. The molecule has 4 aromatic rings. The minimum absolute atomic E-state index is 0.0307. The van der Waals surface area contributed by atoms with Gasteiger partial charge in [0.1, 0.15) is 17.3 Å². The lowest BCUT2D eigenvalue weighted by Gasteiger charge is -2.12. The summed E-state index contributed by atoms with van der Waals surface area (Å²) in [5.74, 6) is 0.591. The van der Waals surface area contributed by atoms with Crippen LogP contribution in [0.25, 0.3) is 17.2 Å². The predicted octanol–water partition coefficient (Wildman–Crippen LogP) is 5.04. The first kappa shape index (κ1) is 20.6. The molecular formula is C27H25FN6O. The van der Waals surface area contributed by atoms with Gasteiger partial charge in [-0.25, -0.2) is 19.3 Å². The van der Waals surface area contributed by atoms with Crippen molar-refractivity contribution in [1.29, 1.82) is 0 Å². The summed E-state index contributed by atoms with van der Waals surface area (Å²) < 4.78 is 19.0. The smallest absolute Gasteiger partial charge is 0.259 e. The van der Waals surface area contributed by atoms with Gasteiger partial charge >= 0.3 is 0 Å². The molecule has 7 rings (SSSR count). The fourth-order valence-corrected chi connectivity index (χ4v) is 5.21. The third kappa shape index (κ3) is 3.55. The van der Waals surface area contributed by atoms with E-state index in [0.717, 1.165) is 48.6 Å². The zero-order valence-electron chi connectivity index (χ0n) is 19.5. The molecule has 0 bridgehead atoms. The van der Waals surface area contributed by atoms with E-state index in [-0.39, 0.29) is 5.56 Å². The maximum absolute atomic E-state index is 14.9. The molecule has 1 N–H and O–H groups in total. The van der Waals surface area contributed by atoms with Crippen LogP contribution >= 0.6 is 0 Å². The lowest BCUT2D eigenvalue weighted by Crippen LogP contribution is -2.16. The Hall–Kier alpha value is -3.81. The summed E-state index contributed by atoms with van der Waals surface area (Å²) in [5, 5.41) is 2.78. The molecule has 3 aromatic heterocycles. The molecule has 176 valence electrons. The maximum Gasteiger partial charge on any atom is 0.259 e. The number of benzene rings is 1. The maximum atomic E-state index is 14.9. The fraction of sp³-hybridized carbons (Fsp3) is 0.333. The minimum Gasteiger partial charge on any atom is -0.326 e. The number of rotatable bonds is 5. The van der Waals surface area contributed by atoms with Gasteiger partial charge in [-0.2, -0.15) is 0 Å². The molecule has 4 heterocycles. The first-order valence-corrected chi connectivity index (χ1v) is 12.2. The quantitative estimate of drug-likeness (QED) is 0.445. The molecule has 8 heteroatoms. The molecule has 0 atom stereocenters. The summed E-state index contributed by atoms with van der Waals surface area (Å²) in [4.78, 5) is 26.8. The fourth-order valence-electron chi connectivity index (χ4n) is 5.21. The molecule has 1 amide bonds. The van der Waals surface area contributed by atoms with Gasteiger partial charge < -0.3 is 14.5 Å². The van der Waals surface area contributed by atoms with Crippen LogP contribution in [0.15, 0.2) is 49.1 Å². The lowest BCUT2D eigenvalue weighted by molar-refractivity contribution is 0.102. The molecule has 0 unspecified atom stereocenters. The number of hydrogen-bond acceptors (Lipinski definition) is 4. The van der Waals surface area contributed by atoms with Gasteiger partial charge in [0.25, 0.3) is 5.91 Å². The molecule has 0 saturated heterocycles. The van der Waals surface area contributed by atoms with E-state index in [4.69, 9.17) is 0 Å². The normalized spacial score (nSPS) is 17.5. The van der Waals surface area contributed by atoms with E-state index < -0.39 is 11.7 Å². The molecule has 35 heavy (non-hydrogen) atoms. The van der Waals surface area contributed by atoms with Gasteiger partial charge in [-0.1, -0.05) is 6.07 Å². The van der Waals surface area contributed by atoms with Crippen LogP contribution in [0.4, 0.5) is 10.2 Å². The Labute approximate surface area is 202 Å². The summed E-state index contributed by atoms with van der Waals surface area (Å²) in [6, 6.07) is 8.42. The molecule has 0 radical (unpaired) electrons. The number of aryl methyl sites for hydroxylation is 1. The number of halogens is 1. The Bertz CT molecular complexity index is 1490. The molecule has 1 aliphatic heterocycles. The Balaban J connectivity index is 1.16. The highest BCUT2D eigenvalue weighted by Gasteiger charge is 2.48. The van der Waals surface area contributed by atoms with E-state index in [9.17, 15) is 9.18 Å². The number of carbonyl (C=O) groups is 1. The zero-order chi connectivity index (χ0) is 23.7. The van der Waals surface area contributed by atoms with Crippen molar-refractivity contribution in [3.05, 3.63) is 77.4 Å². The summed E-state index contributed by atoms with van der Waals surface area (Å²) in [7, 11) is 0. The minimum atomic E-state index is -0.566. The third-order valence-electron chi connectivity index (χ3n) is 7.57. The van der Waals surface area contributed by atoms with Crippen LogP contribution in [-0.4, -0.2) is 30.0 Å². The van der Waals surface area contributed by atoms with E-state index >= 15 is 0 Å². The number of nitrogens with zero attached hydrogens (tertiary/aromatic N) is 5. The number of carbonyl (C=O) groups excluding carboxylic acids is 1. The first-order chi connectivity index (χ1) is 17.0. The molecule has 3 aliphatic rings. The van der Waals surface area contributed by atoms with Crippen molar-refractivity contribution < 1.29 is 9.18 Å². The van der Waals surface area contributed by atoms with E-state index in [1.165, 1.54) is 24.6 Å². The molecule has 1 spiro atoms. The molecule has 2 fully saturated rings. The van der Waals surface area contributed by atoms with Crippen LogP contribution in [0.5, 0.6) is 0 Å². The van der Waals surface area contributed by atoms with Crippen LogP contribution in [0.2, 0.25) is 0 Å². The Morgan fingerprint density at radius 3 is 2.86 bits per heavy atom. The van der Waals surface area contributed by atoms with E-state index in [0.29, 0.717) is 22.8 Å². The van der Waals surface area contributed by atoms with Crippen molar-refractivity contribution in [2.75, 3.05) is 5.32 Å². The van der Waals surface area contributed by atoms with Crippen molar-refractivity contribution in [2.45, 2.75) is 51.5 Å². The predicted molar refractivity (Wildman–Crippen MR) is 129 cm³/mol. The monoisotopic (exact) mass is 468 g/mol. The number of pyridine rings is 1. The van der Waals surface area contributed by atoms with Crippen molar-refractivity contribution in [2.24, 2.45) is 5.41 Å². The van der Waals surface area contributed by atoms with Crippen molar-refractivity contribution in [3.8, 4) is 17.2 Å². The standard InChI is InChI=1S/C27H25FN6O/c1-16-9-20(28)19(10-23(16)33-13-22(30-15-33)17-5-6-17)26(35)32-24-4-2-3-21(31-24)25-29-12-18-11-27(7-8-27)14-34(18)25/h2-4,9-10,12-13,15,17H,5-8,11,14H2,1H3,(H,31,32,35). The molecular weight excluding hydrogens is 443 g/mol. The molecule has 7 nitrogen and oxygen atoms in total. The Morgan fingerprint density at radius 2 is 2.06 bits per heavy atom. The van der Waals surface area contributed by atoms with Gasteiger partial charge in [0, 0.05) is 30.6 Å². The number of fused-ring (bicyclic) bond motifs is 1. The highest BCUT2D eigenvalue weighted by atomic mass is 19.1. The van der Waals surface area contributed by atoms with Gasteiger partial charge in [-0.15, -0.1) is 0 Å². The Kier molecular flexibility index (Phi) is 4.31. The first-order valence-electron chi connectivity index (χ1n) is 12.2. The number of imidazole rings is 2. The molecule has 1 aromatic carbocycles. The third-order valence-corrected chi connectivity index (χ3v) is 7.57. The summed E-state index contributed by atoms with van der Waals surface area (Å²) in [5.41, 5.74) is 4.85. The summed E-state index contributed by atoms with van der Waals surface area (Å²) in [6.45, 7) is 2.81. The van der Waals surface area contributed by atoms with Crippen LogP contribution in [0.1, 0.15) is 58.9 Å². The van der Waals surface area contributed by atoms with E-state index in [2.05, 4.69) is 24.8 Å². The van der Waals surface area contributed by atoms with Gasteiger partial charge in [0.15, 0.2) is 5.82 Å². The van der Waals surface area contributed by atoms with E-state index in [1.807, 2.05) is 36.0 Å². The van der Waals surface area contributed by atoms with Gasteiger partial charge in [0.2, 0.25) is 0 Å². The second kappa shape index (κ2) is 7.34. The van der Waals surface area contributed by atoms with Crippen LogP contribution < -0.4 is 5.32 Å². The SMILES string of the molecule is Cc1cc(F)c(C(=O)Nc2cccc(-c3ncc4n3CC3(CC3)C4)n2)cc1-n1cnc(C2CC2)c1. The van der Waals surface area contributed by atoms with Crippen molar-refractivity contribution >= 4 is 11.7 Å². The largest absolute Gasteiger partial charge is 0.326 e. The lowest BCUT2D eigenvalue weighted by atomic mass is 10.1. The Morgan fingerprint density at radius 1 is 1.20 bits per heavy atom. The van der Waals surface area contributed by atoms with E-state index in [1.54, 1.807) is 18.5 Å². The number of aromatic nitrogens is 5. The zero-order valence-corrected chi connectivity index (χ0v) is 19.5. The topological polar surface area (TPSA) is 77.6 Å². The average Bonchev–Trinajstić information content (AvgIpc) is 3.68. The number of hydrogen-bond donors (Lipinski definition) is 1. The average molecular weight is 469 g/mol. The van der Waals surface area contributed by atoms with Crippen LogP contribution in [0.3, 0.4) is 0 Å². The van der Waals surface area contributed by atoms with Gasteiger partial charge in [-0.05, 0) is 74.3 Å². The highest BCUT2D eigenvalue weighted by Crippen LogP contribution is 2.54. The van der Waals surface area contributed by atoms with Crippen LogP contribution in [0, 0.1) is 18.2 Å². The van der Waals surface area contributed by atoms with Crippen molar-refractivity contribution in [3.63, 3.8) is 0 Å². The van der Waals surface area contributed by atoms with Gasteiger partial charge in [0.05, 0.1) is 23.3 Å².